The zero-order valence-corrected chi connectivity index (χ0v) is 30.2. The van der Waals surface area contributed by atoms with Crippen LogP contribution in [0.25, 0.3) is 99.8 Å². The molecule has 0 aliphatic heterocycles. The fourth-order valence-electron chi connectivity index (χ4n) is 8.68. The van der Waals surface area contributed by atoms with E-state index >= 15 is 0 Å². The van der Waals surface area contributed by atoms with Crippen LogP contribution < -0.4 is 0 Å². The van der Waals surface area contributed by atoms with Crippen LogP contribution in [0, 0.1) is 0 Å². The fourth-order valence-corrected chi connectivity index (χ4v) is 8.68. The summed E-state index contributed by atoms with van der Waals surface area (Å²) in [4.78, 5) is 10.7. The predicted octanol–water partition coefficient (Wildman–Crippen LogP) is 12.2. The van der Waals surface area contributed by atoms with Crippen molar-refractivity contribution in [3.8, 4) is 34.4 Å². The van der Waals surface area contributed by atoms with Gasteiger partial charge in [-0.05, 0) is 72.8 Å². The van der Waals surface area contributed by atoms with Crippen LogP contribution in [0.1, 0.15) is 0 Å². The van der Waals surface area contributed by atoms with Crippen LogP contribution in [-0.4, -0.2) is 28.2 Å². The van der Waals surface area contributed by atoms with Gasteiger partial charge in [0.25, 0.3) is 0 Å². The predicted molar refractivity (Wildman–Crippen MR) is 230 cm³/mol. The van der Waals surface area contributed by atoms with E-state index in [9.17, 15) is 0 Å². The van der Waals surface area contributed by atoms with Gasteiger partial charge in [0, 0.05) is 67.7 Å². The van der Waals surface area contributed by atoms with Crippen molar-refractivity contribution in [2.75, 3.05) is 0 Å². The molecule has 0 radical (unpaired) electrons. The first-order chi connectivity index (χ1) is 27.8. The molecule has 12 rings (SSSR count). The number of rotatable bonds is 5. The monoisotopic (exact) mass is 716 g/mol. The van der Waals surface area contributed by atoms with Crippen LogP contribution in [0.4, 0.5) is 0 Å². The number of hydrogen-bond acceptors (Lipinski definition) is 2. The van der Waals surface area contributed by atoms with E-state index in [2.05, 4.69) is 194 Å². The summed E-state index contributed by atoms with van der Waals surface area (Å²) in [5.41, 5.74) is 9.94. The molecule has 0 unspecified atom stereocenters. The first-order valence-corrected chi connectivity index (χ1v) is 18.9. The maximum Gasteiger partial charge on any atom is 0.163 e. The molecular formula is C50H32N6. The van der Waals surface area contributed by atoms with E-state index in [1.54, 1.807) is 0 Å². The standard InChI is InChI=1S/C50H32N6/c1-4-14-33(15-5-1)50-51-48(55-42-22-12-10-20-38(42)40-30-44-34(28-46(40)55)24-26-53(44)36-16-6-2-7-17-36)32-49(52-50)56-43-23-13-11-21-39(43)41-31-45-35(29-47(41)56)25-27-54(45)37-18-8-3-9-19-37/h1-32H. The first kappa shape index (κ1) is 30.7. The molecule has 0 atom stereocenters. The van der Waals surface area contributed by atoms with E-state index in [-0.39, 0.29) is 0 Å². The lowest BCUT2D eigenvalue weighted by Crippen LogP contribution is -2.06. The molecule has 56 heavy (non-hydrogen) atoms. The van der Waals surface area contributed by atoms with Gasteiger partial charge in [-0.15, -0.1) is 0 Å². The summed E-state index contributed by atoms with van der Waals surface area (Å²) in [5.74, 6) is 2.29. The van der Waals surface area contributed by atoms with Crippen LogP contribution >= 0.6 is 0 Å². The lowest BCUT2D eigenvalue weighted by atomic mass is 10.1. The quantitative estimate of drug-likeness (QED) is 0.178. The second kappa shape index (κ2) is 11.9. The summed E-state index contributed by atoms with van der Waals surface area (Å²) in [7, 11) is 0. The average molecular weight is 717 g/mol. The van der Waals surface area contributed by atoms with Crippen molar-refractivity contribution in [3.05, 3.63) is 194 Å². The largest absolute Gasteiger partial charge is 0.317 e. The molecule has 0 fully saturated rings. The second-order valence-corrected chi connectivity index (χ2v) is 14.4. The van der Waals surface area contributed by atoms with E-state index in [0.29, 0.717) is 5.82 Å². The maximum atomic E-state index is 5.37. The Morgan fingerprint density at radius 3 is 1.23 bits per heavy atom. The van der Waals surface area contributed by atoms with Crippen molar-refractivity contribution < 1.29 is 0 Å². The van der Waals surface area contributed by atoms with Crippen LogP contribution in [0.5, 0.6) is 0 Å². The zero-order valence-electron chi connectivity index (χ0n) is 30.2. The third kappa shape index (κ3) is 4.56. The number of hydrogen-bond donors (Lipinski definition) is 0. The maximum absolute atomic E-state index is 5.37. The number of para-hydroxylation sites is 4. The van der Waals surface area contributed by atoms with Gasteiger partial charge in [0.15, 0.2) is 5.82 Å². The molecule has 262 valence electrons. The topological polar surface area (TPSA) is 45.5 Å². The third-order valence-corrected chi connectivity index (χ3v) is 11.2. The molecule has 0 bridgehead atoms. The third-order valence-electron chi connectivity index (χ3n) is 11.2. The lowest BCUT2D eigenvalue weighted by molar-refractivity contribution is 0.994. The molecule has 0 N–H and O–H groups in total. The van der Waals surface area contributed by atoms with Crippen molar-refractivity contribution in [3.63, 3.8) is 0 Å². The smallest absolute Gasteiger partial charge is 0.163 e. The second-order valence-electron chi connectivity index (χ2n) is 14.4. The van der Waals surface area contributed by atoms with Crippen molar-refractivity contribution in [2.45, 2.75) is 0 Å². The highest BCUT2D eigenvalue weighted by molar-refractivity contribution is 6.15. The molecule has 7 aromatic carbocycles. The highest BCUT2D eigenvalue weighted by atomic mass is 15.1. The van der Waals surface area contributed by atoms with Gasteiger partial charge in [0.1, 0.15) is 11.6 Å². The summed E-state index contributed by atoms with van der Waals surface area (Å²) in [6, 6.07) is 64.5. The van der Waals surface area contributed by atoms with Gasteiger partial charge in [-0.25, -0.2) is 9.97 Å². The minimum atomic E-state index is 0.669. The van der Waals surface area contributed by atoms with E-state index in [1.807, 2.05) is 18.2 Å². The molecule has 0 saturated heterocycles. The fraction of sp³-hybridized carbons (Fsp3) is 0. The average Bonchev–Trinajstić information content (AvgIpc) is 4.03. The van der Waals surface area contributed by atoms with Crippen molar-refractivity contribution in [1.82, 2.24) is 28.2 Å². The van der Waals surface area contributed by atoms with Crippen molar-refractivity contribution >= 4 is 65.4 Å². The van der Waals surface area contributed by atoms with E-state index < -0.39 is 0 Å². The van der Waals surface area contributed by atoms with E-state index in [0.717, 1.165) is 72.4 Å². The molecule has 5 aromatic heterocycles. The lowest BCUT2D eigenvalue weighted by Gasteiger charge is -2.14. The summed E-state index contributed by atoms with van der Waals surface area (Å²) >= 11 is 0. The van der Waals surface area contributed by atoms with Gasteiger partial charge in [-0.1, -0.05) is 103 Å². The van der Waals surface area contributed by atoms with Crippen LogP contribution in [0.3, 0.4) is 0 Å². The Labute approximate surface area is 321 Å². The molecule has 6 nitrogen and oxygen atoms in total. The first-order valence-electron chi connectivity index (χ1n) is 18.9. The highest BCUT2D eigenvalue weighted by Gasteiger charge is 2.21. The van der Waals surface area contributed by atoms with Crippen molar-refractivity contribution in [1.29, 1.82) is 0 Å². The van der Waals surface area contributed by atoms with Crippen LogP contribution in [0.2, 0.25) is 0 Å². The molecular weight excluding hydrogens is 685 g/mol. The highest BCUT2D eigenvalue weighted by Crippen LogP contribution is 2.39. The number of aromatic nitrogens is 6. The minimum Gasteiger partial charge on any atom is -0.317 e. The van der Waals surface area contributed by atoms with Gasteiger partial charge in [0.05, 0.1) is 33.1 Å². The number of fused-ring (bicyclic) bond motifs is 8. The Bertz CT molecular complexity index is 3250. The minimum absolute atomic E-state index is 0.669. The van der Waals surface area contributed by atoms with E-state index in [1.165, 1.54) is 21.5 Å². The Hall–Kier alpha value is -7.70. The van der Waals surface area contributed by atoms with Gasteiger partial charge in [0.2, 0.25) is 0 Å². The molecule has 6 heteroatoms. The van der Waals surface area contributed by atoms with Crippen molar-refractivity contribution in [2.24, 2.45) is 0 Å². The molecule has 12 aromatic rings. The summed E-state index contributed by atoms with van der Waals surface area (Å²) in [5, 5.41) is 7.02. The Kier molecular flexibility index (Phi) is 6.53. The van der Waals surface area contributed by atoms with Gasteiger partial charge in [-0.2, -0.15) is 0 Å². The molecule has 0 spiro atoms. The zero-order chi connectivity index (χ0) is 36.7. The summed E-state index contributed by atoms with van der Waals surface area (Å²) in [6.45, 7) is 0. The summed E-state index contributed by atoms with van der Waals surface area (Å²) < 4.78 is 9.16. The van der Waals surface area contributed by atoms with Gasteiger partial charge < -0.3 is 9.13 Å². The SMILES string of the molecule is c1ccc(-c2nc(-n3c4ccccc4c4cc5c(ccn5-c5ccccc5)cc43)cc(-n3c4ccccc4c4cc5c(ccn5-c5ccccc5)cc43)n2)cc1. The Morgan fingerprint density at radius 2 is 0.750 bits per heavy atom. The molecule has 0 aliphatic carbocycles. The van der Waals surface area contributed by atoms with Crippen LogP contribution in [0.15, 0.2) is 194 Å². The van der Waals surface area contributed by atoms with Gasteiger partial charge in [-0.3, -0.25) is 9.13 Å². The molecule has 5 heterocycles. The normalized spacial score (nSPS) is 11.9. The molecule has 0 saturated carbocycles. The molecule has 0 aliphatic rings. The Morgan fingerprint density at radius 1 is 0.321 bits per heavy atom. The number of nitrogens with zero attached hydrogens (tertiary/aromatic N) is 6. The van der Waals surface area contributed by atoms with Crippen LogP contribution in [-0.2, 0) is 0 Å². The van der Waals surface area contributed by atoms with E-state index in [4.69, 9.17) is 9.97 Å². The molecule has 0 amide bonds. The Balaban J connectivity index is 1.14. The number of benzene rings is 7. The van der Waals surface area contributed by atoms with Gasteiger partial charge >= 0.3 is 0 Å². The summed E-state index contributed by atoms with van der Waals surface area (Å²) in [6.07, 6.45) is 4.32.